The highest BCUT2D eigenvalue weighted by Crippen LogP contribution is 2.25. The van der Waals surface area contributed by atoms with Crippen molar-refractivity contribution in [1.82, 2.24) is 0 Å². The number of carbonyl (C=O) groups excluding carboxylic acids is 2. The van der Waals surface area contributed by atoms with E-state index in [2.05, 4.69) is 5.32 Å². The summed E-state index contributed by atoms with van der Waals surface area (Å²) in [5, 5.41) is 3.23. The Morgan fingerprint density at radius 2 is 1.93 bits per heavy atom. The number of amides is 1. The number of esters is 1. The zero-order chi connectivity index (χ0) is 20.0. The highest BCUT2D eigenvalue weighted by atomic mass is 35.5. The van der Waals surface area contributed by atoms with Crippen LogP contribution in [0.1, 0.15) is 12.5 Å². The zero-order valence-electron chi connectivity index (χ0n) is 14.5. The normalized spacial score (nSPS) is 11.9. The lowest BCUT2D eigenvalue weighted by atomic mass is 10.2. The van der Waals surface area contributed by atoms with Gasteiger partial charge in [0, 0.05) is 11.1 Å². The Labute approximate surface area is 165 Å². The molecule has 0 saturated heterocycles. The molecule has 27 heavy (non-hydrogen) atoms. The van der Waals surface area contributed by atoms with Gasteiger partial charge in [-0.25, -0.2) is 9.18 Å². The first-order chi connectivity index (χ1) is 12.8. The van der Waals surface area contributed by atoms with Crippen LogP contribution in [0.15, 0.2) is 42.5 Å². The molecule has 0 saturated carbocycles. The van der Waals surface area contributed by atoms with Crippen LogP contribution in [0.25, 0.3) is 6.08 Å². The predicted octanol–water partition coefficient (Wildman–Crippen LogP) is 4.72. The smallest absolute Gasteiger partial charge is 0.331 e. The van der Waals surface area contributed by atoms with E-state index in [0.29, 0.717) is 21.3 Å². The summed E-state index contributed by atoms with van der Waals surface area (Å²) in [5.41, 5.74) is 0.745. The van der Waals surface area contributed by atoms with Crippen molar-refractivity contribution in [2.45, 2.75) is 13.0 Å². The molecule has 0 spiro atoms. The van der Waals surface area contributed by atoms with Crippen LogP contribution in [0.2, 0.25) is 10.0 Å². The van der Waals surface area contributed by atoms with Crippen LogP contribution >= 0.6 is 23.2 Å². The van der Waals surface area contributed by atoms with Gasteiger partial charge in [-0.15, -0.1) is 0 Å². The number of hydrogen-bond acceptors (Lipinski definition) is 4. The van der Waals surface area contributed by atoms with Gasteiger partial charge in [0.2, 0.25) is 0 Å². The van der Waals surface area contributed by atoms with Gasteiger partial charge < -0.3 is 14.8 Å². The maximum absolute atomic E-state index is 13.6. The molecule has 8 heteroatoms. The Kier molecular flexibility index (Phi) is 7.21. The second-order valence-electron chi connectivity index (χ2n) is 5.42. The molecule has 0 unspecified atom stereocenters. The van der Waals surface area contributed by atoms with Crippen LogP contribution in [0.5, 0.6) is 5.75 Å². The first-order valence-electron chi connectivity index (χ1n) is 7.78. The van der Waals surface area contributed by atoms with Gasteiger partial charge in [-0.2, -0.15) is 0 Å². The van der Waals surface area contributed by atoms with E-state index >= 15 is 0 Å². The lowest BCUT2D eigenvalue weighted by Crippen LogP contribution is -2.29. The quantitative estimate of drug-likeness (QED) is 0.551. The SMILES string of the molecule is COc1ccc(/C=C/C(=O)O[C@H](C)C(=O)Nc2cc(Cl)ccc2Cl)cc1F. The summed E-state index contributed by atoms with van der Waals surface area (Å²) >= 11 is 11.8. The Balaban J connectivity index is 1.95. The minimum absolute atomic E-state index is 0.0969. The molecule has 2 aromatic carbocycles. The van der Waals surface area contributed by atoms with Crippen molar-refractivity contribution in [2.75, 3.05) is 12.4 Å². The van der Waals surface area contributed by atoms with Crippen molar-refractivity contribution in [3.63, 3.8) is 0 Å². The summed E-state index contributed by atoms with van der Waals surface area (Å²) in [6.45, 7) is 1.41. The number of rotatable bonds is 6. The predicted molar refractivity (Wildman–Crippen MR) is 103 cm³/mol. The van der Waals surface area contributed by atoms with E-state index in [0.717, 1.165) is 6.08 Å². The molecule has 142 valence electrons. The summed E-state index contributed by atoms with van der Waals surface area (Å²) in [5.74, 6) is -1.79. The maximum Gasteiger partial charge on any atom is 0.331 e. The van der Waals surface area contributed by atoms with E-state index < -0.39 is 23.8 Å². The van der Waals surface area contributed by atoms with Crippen molar-refractivity contribution in [2.24, 2.45) is 0 Å². The fourth-order valence-corrected chi connectivity index (χ4v) is 2.38. The Morgan fingerprint density at radius 1 is 1.19 bits per heavy atom. The van der Waals surface area contributed by atoms with E-state index in [1.807, 2.05) is 0 Å². The summed E-state index contributed by atoms with van der Waals surface area (Å²) in [6, 6.07) is 8.81. The first kappa shape index (κ1) is 20.7. The van der Waals surface area contributed by atoms with Crippen LogP contribution in [-0.4, -0.2) is 25.1 Å². The van der Waals surface area contributed by atoms with Crippen LogP contribution in [0, 0.1) is 5.82 Å². The Morgan fingerprint density at radius 3 is 2.59 bits per heavy atom. The third-order valence-corrected chi connectivity index (χ3v) is 4.00. The summed E-state index contributed by atoms with van der Waals surface area (Å²) in [7, 11) is 1.36. The minimum atomic E-state index is -1.08. The van der Waals surface area contributed by atoms with E-state index in [1.54, 1.807) is 12.1 Å². The topological polar surface area (TPSA) is 64.6 Å². The maximum atomic E-state index is 13.6. The van der Waals surface area contributed by atoms with Gasteiger partial charge in [0.05, 0.1) is 17.8 Å². The lowest BCUT2D eigenvalue weighted by molar-refractivity contribution is -0.148. The van der Waals surface area contributed by atoms with Gasteiger partial charge >= 0.3 is 5.97 Å². The molecule has 0 aliphatic rings. The number of nitrogens with one attached hydrogen (secondary N) is 1. The number of ether oxygens (including phenoxy) is 2. The molecule has 0 aromatic heterocycles. The number of hydrogen-bond donors (Lipinski definition) is 1. The number of halogens is 3. The molecule has 1 atom stereocenters. The van der Waals surface area contributed by atoms with Gasteiger partial charge in [-0.3, -0.25) is 4.79 Å². The van der Waals surface area contributed by atoms with Gasteiger partial charge in [0.15, 0.2) is 17.7 Å². The van der Waals surface area contributed by atoms with Crippen molar-refractivity contribution in [3.8, 4) is 5.75 Å². The molecule has 2 aromatic rings. The molecule has 0 fully saturated rings. The monoisotopic (exact) mass is 411 g/mol. The second-order valence-corrected chi connectivity index (χ2v) is 6.26. The molecule has 0 bridgehead atoms. The average molecular weight is 412 g/mol. The number of benzene rings is 2. The molecule has 5 nitrogen and oxygen atoms in total. The highest BCUT2D eigenvalue weighted by molar-refractivity contribution is 6.35. The van der Waals surface area contributed by atoms with E-state index in [9.17, 15) is 14.0 Å². The average Bonchev–Trinajstić information content (AvgIpc) is 2.63. The molecular weight excluding hydrogens is 396 g/mol. The molecule has 0 aliphatic heterocycles. The molecule has 0 aliphatic carbocycles. The van der Waals surface area contributed by atoms with Gasteiger partial charge in [-0.05, 0) is 48.9 Å². The summed E-state index contributed by atoms with van der Waals surface area (Å²) in [4.78, 5) is 24.0. The largest absolute Gasteiger partial charge is 0.494 e. The number of anilines is 1. The number of methoxy groups -OCH3 is 1. The third kappa shape index (κ3) is 5.98. The fraction of sp³-hybridized carbons (Fsp3) is 0.158. The van der Waals surface area contributed by atoms with E-state index in [4.69, 9.17) is 32.7 Å². The van der Waals surface area contributed by atoms with Crippen molar-refractivity contribution < 1.29 is 23.5 Å². The summed E-state index contributed by atoms with van der Waals surface area (Å²) in [6.07, 6.45) is 1.38. The Bertz CT molecular complexity index is 886. The minimum Gasteiger partial charge on any atom is -0.494 e. The molecule has 1 amide bonds. The van der Waals surface area contributed by atoms with Gasteiger partial charge in [0.1, 0.15) is 0 Å². The standard InChI is InChI=1S/C19H16Cl2FNO4/c1-11(19(25)23-16-10-13(20)5-6-14(16)21)27-18(24)8-4-12-3-7-17(26-2)15(22)9-12/h3-11H,1-2H3,(H,23,25)/b8-4+/t11-/m1/s1. The van der Waals surface area contributed by atoms with Crippen LogP contribution in [-0.2, 0) is 14.3 Å². The molecule has 0 heterocycles. The summed E-state index contributed by atoms with van der Waals surface area (Å²) < 4.78 is 23.4. The van der Waals surface area contributed by atoms with Crippen LogP contribution in [0.3, 0.4) is 0 Å². The second kappa shape index (κ2) is 9.39. The Hall–Kier alpha value is -2.57. The highest BCUT2D eigenvalue weighted by Gasteiger charge is 2.18. The van der Waals surface area contributed by atoms with Crippen LogP contribution in [0.4, 0.5) is 10.1 Å². The van der Waals surface area contributed by atoms with E-state index in [-0.39, 0.29) is 5.75 Å². The van der Waals surface area contributed by atoms with Gasteiger partial charge in [0.25, 0.3) is 5.91 Å². The van der Waals surface area contributed by atoms with E-state index in [1.165, 1.54) is 44.4 Å². The van der Waals surface area contributed by atoms with Crippen molar-refractivity contribution in [3.05, 3.63) is 63.9 Å². The van der Waals surface area contributed by atoms with Crippen LogP contribution < -0.4 is 10.1 Å². The first-order valence-corrected chi connectivity index (χ1v) is 8.54. The van der Waals surface area contributed by atoms with Crippen molar-refractivity contribution >= 4 is 46.8 Å². The third-order valence-electron chi connectivity index (χ3n) is 3.44. The lowest BCUT2D eigenvalue weighted by Gasteiger charge is -2.13. The van der Waals surface area contributed by atoms with Gasteiger partial charge in [-0.1, -0.05) is 29.3 Å². The molecule has 1 N–H and O–H groups in total. The number of carbonyl (C=O) groups is 2. The molecule has 0 radical (unpaired) electrons. The molecular formula is C19H16Cl2FNO4. The fourth-order valence-electron chi connectivity index (χ4n) is 2.05. The van der Waals surface area contributed by atoms with Crippen molar-refractivity contribution in [1.29, 1.82) is 0 Å². The molecule has 2 rings (SSSR count). The zero-order valence-corrected chi connectivity index (χ0v) is 16.0.